The SMILES string of the molecule is O=S(=O)(Cl)c1ccc(Oc2ccncc2)cc1.O=S(=O)(O)Cl. The fourth-order valence-electron chi connectivity index (χ4n) is 1.21. The highest BCUT2D eigenvalue weighted by Gasteiger charge is 2.09. The van der Waals surface area contributed by atoms with Gasteiger partial charge in [0.1, 0.15) is 11.5 Å². The number of benzene rings is 1. The van der Waals surface area contributed by atoms with Crippen LogP contribution in [0.1, 0.15) is 0 Å². The van der Waals surface area contributed by atoms with Gasteiger partial charge in [-0.05, 0) is 36.4 Å². The van der Waals surface area contributed by atoms with E-state index in [9.17, 15) is 8.42 Å². The third-order valence-corrected chi connectivity index (χ3v) is 3.36. The molecular formula is C11H9Cl2NO6S2. The highest BCUT2D eigenvalue weighted by molar-refractivity contribution is 8.13. The van der Waals surface area contributed by atoms with Gasteiger partial charge >= 0.3 is 9.33 Å². The van der Waals surface area contributed by atoms with Crippen LogP contribution in [0.5, 0.6) is 11.5 Å². The molecule has 22 heavy (non-hydrogen) atoms. The van der Waals surface area contributed by atoms with Crippen LogP contribution in [0.15, 0.2) is 53.7 Å². The van der Waals surface area contributed by atoms with Crippen LogP contribution in [0.25, 0.3) is 0 Å². The van der Waals surface area contributed by atoms with Crippen LogP contribution in [0.4, 0.5) is 0 Å². The Hall–Kier alpha value is -1.39. The quantitative estimate of drug-likeness (QED) is 0.638. The molecule has 1 aromatic carbocycles. The maximum Gasteiger partial charge on any atom is 0.353 e. The maximum atomic E-state index is 11.0. The molecule has 120 valence electrons. The van der Waals surface area contributed by atoms with Gasteiger partial charge in [-0.2, -0.15) is 8.42 Å². The lowest BCUT2D eigenvalue weighted by Gasteiger charge is -2.05. The van der Waals surface area contributed by atoms with Gasteiger partial charge in [-0.1, -0.05) is 0 Å². The Bertz CT molecular complexity index is 799. The molecule has 0 radical (unpaired) electrons. The number of pyridine rings is 1. The molecule has 0 aliphatic rings. The molecule has 7 nitrogen and oxygen atoms in total. The predicted molar refractivity (Wildman–Crippen MR) is 81.2 cm³/mol. The minimum Gasteiger partial charge on any atom is -0.457 e. The van der Waals surface area contributed by atoms with Crippen LogP contribution in [-0.4, -0.2) is 26.4 Å². The summed E-state index contributed by atoms with van der Waals surface area (Å²) < 4.78 is 52.7. The number of aromatic nitrogens is 1. The molecular weight excluding hydrogens is 377 g/mol. The van der Waals surface area contributed by atoms with Gasteiger partial charge < -0.3 is 4.74 Å². The van der Waals surface area contributed by atoms with E-state index < -0.39 is 18.4 Å². The van der Waals surface area contributed by atoms with Crippen LogP contribution < -0.4 is 4.74 Å². The topological polar surface area (TPSA) is 111 Å². The molecule has 0 spiro atoms. The van der Waals surface area contributed by atoms with E-state index in [4.69, 9.17) is 28.4 Å². The van der Waals surface area contributed by atoms with Crippen molar-refractivity contribution < 1.29 is 26.1 Å². The Kier molecular flexibility index (Phi) is 6.57. The molecule has 0 bridgehead atoms. The zero-order valence-electron chi connectivity index (χ0n) is 10.6. The summed E-state index contributed by atoms with van der Waals surface area (Å²) in [5.41, 5.74) is 0. The van der Waals surface area contributed by atoms with Crippen LogP contribution >= 0.6 is 21.4 Å². The Morgan fingerprint density at radius 2 is 1.27 bits per heavy atom. The second-order valence-corrected chi connectivity index (χ2v) is 8.17. The highest BCUT2D eigenvalue weighted by atomic mass is 35.7. The second-order valence-electron chi connectivity index (χ2n) is 3.61. The molecule has 2 aromatic rings. The molecule has 2 rings (SSSR count). The number of halogens is 2. The largest absolute Gasteiger partial charge is 0.457 e. The lowest BCUT2D eigenvalue weighted by molar-refractivity contribution is 0.481. The van der Waals surface area contributed by atoms with E-state index in [0.29, 0.717) is 11.5 Å². The fourth-order valence-corrected chi connectivity index (χ4v) is 1.98. The highest BCUT2D eigenvalue weighted by Crippen LogP contribution is 2.23. The van der Waals surface area contributed by atoms with E-state index in [1.165, 1.54) is 24.3 Å². The minimum absolute atomic E-state index is 0.0428. The van der Waals surface area contributed by atoms with Crippen molar-refractivity contribution in [2.45, 2.75) is 4.90 Å². The Labute approximate surface area is 136 Å². The molecule has 1 heterocycles. The van der Waals surface area contributed by atoms with Crippen molar-refractivity contribution in [3.8, 4) is 11.5 Å². The fraction of sp³-hybridized carbons (Fsp3) is 0. The molecule has 1 aromatic heterocycles. The van der Waals surface area contributed by atoms with Crippen LogP contribution in [0.2, 0.25) is 0 Å². The molecule has 0 aliphatic heterocycles. The van der Waals surface area contributed by atoms with Gasteiger partial charge in [-0.15, -0.1) is 0 Å². The van der Waals surface area contributed by atoms with Gasteiger partial charge in [0.25, 0.3) is 9.05 Å². The van der Waals surface area contributed by atoms with Gasteiger partial charge in [-0.25, -0.2) is 8.42 Å². The second kappa shape index (κ2) is 7.75. The maximum absolute atomic E-state index is 11.0. The van der Waals surface area contributed by atoms with E-state index in [0.717, 1.165) is 0 Å². The smallest absolute Gasteiger partial charge is 0.353 e. The van der Waals surface area contributed by atoms with Gasteiger partial charge in [0, 0.05) is 33.8 Å². The molecule has 0 fully saturated rings. The average molecular weight is 386 g/mol. The molecule has 0 unspecified atom stereocenters. The van der Waals surface area contributed by atoms with Crippen LogP contribution in [-0.2, 0) is 18.4 Å². The summed E-state index contributed by atoms with van der Waals surface area (Å²) in [4.78, 5) is 3.90. The lowest BCUT2D eigenvalue weighted by Crippen LogP contribution is -1.90. The summed E-state index contributed by atoms with van der Waals surface area (Å²) in [6.07, 6.45) is 3.21. The van der Waals surface area contributed by atoms with Crippen LogP contribution in [0.3, 0.4) is 0 Å². The standard InChI is InChI=1S/C11H8ClNO3S.ClHO3S/c12-17(14,15)11-3-1-9(2-4-11)16-10-5-7-13-8-6-10;1-5(2,3)4/h1-8H;(H,2,3,4). The molecule has 0 saturated heterocycles. The van der Waals surface area contributed by atoms with Crippen molar-refractivity contribution in [2.75, 3.05) is 0 Å². The lowest BCUT2D eigenvalue weighted by atomic mass is 10.3. The van der Waals surface area contributed by atoms with E-state index in [2.05, 4.69) is 15.7 Å². The molecule has 0 atom stereocenters. The molecule has 11 heteroatoms. The summed E-state index contributed by atoms with van der Waals surface area (Å²) in [5, 5.41) is 0. The normalized spacial score (nSPS) is 11.2. The first-order valence-electron chi connectivity index (χ1n) is 5.35. The Morgan fingerprint density at radius 3 is 1.68 bits per heavy atom. The number of hydrogen-bond donors (Lipinski definition) is 1. The Balaban J connectivity index is 0.000000422. The van der Waals surface area contributed by atoms with Crippen molar-refractivity contribution >= 4 is 39.7 Å². The summed E-state index contributed by atoms with van der Waals surface area (Å²) in [7, 11) is 1.37. The molecule has 0 aliphatic carbocycles. The molecule has 1 N–H and O–H groups in total. The summed E-state index contributed by atoms with van der Waals surface area (Å²) in [6, 6.07) is 9.25. The molecule has 0 saturated carbocycles. The first-order chi connectivity index (χ1) is 10.1. The van der Waals surface area contributed by atoms with Crippen LogP contribution in [0, 0.1) is 0 Å². The van der Waals surface area contributed by atoms with Gasteiger partial charge in [-0.3, -0.25) is 9.54 Å². The monoisotopic (exact) mass is 385 g/mol. The van der Waals surface area contributed by atoms with Gasteiger partial charge in [0.2, 0.25) is 0 Å². The summed E-state index contributed by atoms with van der Waals surface area (Å²) in [6.45, 7) is 0. The van der Waals surface area contributed by atoms with Crippen molar-refractivity contribution in [2.24, 2.45) is 0 Å². The number of hydrogen-bond acceptors (Lipinski definition) is 6. The number of nitrogens with zero attached hydrogens (tertiary/aromatic N) is 1. The molecule has 0 amide bonds. The minimum atomic E-state index is -4.19. The predicted octanol–water partition coefficient (Wildman–Crippen LogP) is 2.83. The van der Waals surface area contributed by atoms with Gasteiger partial charge in [0.15, 0.2) is 0 Å². The van der Waals surface area contributed by atoms with Crippen molar-refractivity contribution in [1.29, 1.82) is 0 Å². The number of rotatable bonds is 3. The van der Waals surface area contributed by atoms with Gasteiger partial charge in [0.05, 0.1) is 4.90 Å². The van der Waals surface area contributed by atoms with Crippen molar-refractivity contribution in [1.82, 2.24) is 4.98 Å². The van der Waals surface area contributed by atoms with E-state index in [1.807, 2.05) is 0 Å². The first-order valence-corrected chi connectivity index (χ1v) is 9.93. The Morgan fingerprint density at radius 1 is 0.864 bits per heavy atom. The van der Waals surface area contributed by atoms with E-state index in [-0.39, 0.29) is 4.90 Å². The first kappa shape index (κ1) is 18.7. The average Bonchev–Trinajstić information content (AvgIpc) is 2.37. The van der Waals surface area contributed by atoms with E-state index >= 15 is 0 Å². The van der Waals surface area contributed by atoms with Crippen molar-refractivity contribution in [3.63, 3.8) is 0 Å². The third-order valence-electron chi connectivity index (χ3n) is 1.99. The summed E-state index contributed by atoms with van der Waals surface area (Å²) in [5.74, 6) is 1.15. The summed E-state index contributed by atoms with van der Waals surface area (Å²) >= 11 is 0. The zero-order valence-corrected chi connectivity index (χ0v) is 13.8. The van der Waals surface area contributed by atoms with Crippen molar-refractivity contribution in [3.05, 3.63) is 48.8 Å². The van der Waals surface area contributed by atoms with E-state index in [1.54, 1.807) is 24.5 Å². The number of ether oxygens (including phenoxy) is 1. The third kappa shape index (κ3) is 8.15. The zero-order chi connectivity index (χ0) is 16.8.